The average molecular weight is 370 g/mol. The van der Waals surface area contributed by atoms with Crippen molar-refractivity contribution in [2.75, 3.05) is 33.4 Å². The third-order valence-corrected chi connectivity index (χ3v) is 4.80. The number of rotatable bonds is 8. The number of methoxy groups -OCH3 is 1. The molecule has 0 bridgehead atoms. The zero-order valence-corrected chi connectivity index (χ0v) is 15.6. The number of hydrogen-bond donors (Lipinski definition) is 2. The van der Waals surface area contributed by atoms with Crippen molar-refractivity contribution in [2.24, 2.45) is 0 Å². The fraction of sp³-hybridized carbons (Fsp3) is 0.381. The second-order valence-corrected chi connectivity index (χ2v) is 6.56. The highest BCUT2D eigenvalue weighted by atomic mass is 16.5. The minimum atomic E-state index is -0.225. The number of hydrogen-bond acceptors (Lipinski definition) is 5. The van der Waals surface area contributed by atoms with Crippen LogP contribution in [0.5, 0.6) is 17.2 Å². The third kappa shape index (κ3) is 4.92. The van der Waals surface area contributed by atoms with Gasteiger partial charge in [-0.3, -0.25) is 9.69 Å². The Morgan fingerprint density at radius 1 is 1.11 bits per heavy atom. The van der Waals surface area contributed by atoms with Gasteiger partial charge >= 0.3 is 0 Å². The molecule has 1 heterocycles. The van der Waals surface area contributed by atoms with Gasteiger partial charge in [0.05, 0.1) is 13.2 Å². The molecule has 1 unspecified atom stereocenters. The first-order valence-corrected chi connectivity index (χ1v) is 9.23. The molecule has 1 amide bonds. The lowest BCUT2D eigenvalue weighted by Gasteiger charge is -2.29. The molecule has 1 saturated heterocycles. The van der Waals surface area contributed by atoms with Crippen molar-refractivity contribution in [3.63, 3.8) is 0 Å². The van der Waals surface area contributed by atoms with E-state index in [0.717, 1.165) is 37.2 Å². The van der Waals surface area contributed by atoms with Crippen LogP contribution in [0.1, 0.15) is 24.4 Å². The molecule has 2 aromatic carbocycles. The normalized spacial score (nSPS) is 15.3. The summed E-state index contributed by atoms with van der Waals surface area (Å²) in [7, 11) is 1.67. The summed E-state index contributed by atoms with van der Waals surface area (Å²) < 4.78 is 10.9. The summed E-state index contributed by atoms with van der Waals surface area (Å²) in [5, 5.41) is 12.7. The minimum absolute atomic E-state index is 0.0225. The zero-order valence-electron chi connectivity index (χ0n) is 15.6. The van der Waals surface area contributed by atoms with Gasteiger partial charge in [0.25, 0.3) is 5.91 Å². The number of carbonyl (C=O) groups is 1. The Morgan fingerprint density at radius 2 is 1.78 bits per heavy atom. The fourth-order valence-electron chi connectivity index (χ4n) is 3.41. The molecule has 1 aliphatic rings. The van der Waals surface area contributed by atoms with Gasteiger partial charge in [-0.05, 0) is 44.1 Å². The van der Waals surface area contributed by atoms with Gasteiger partial charge in [0.2, 0.25) is 0 Å². The number of para-hydroxylation sites is 3. The number of phenolic OH excluding ortho intramolecular Hbond substituents is 1. The van der Waals surface area contributed by atoms with E-state index in [1.807, 2.05) is 24.3 Å². The van der Waals surface area contributed by atoms with Gasteiger partial charge in [-0.15, -0.1) is 0 Å². The van der Waals surface area contributed by atoms with E-state index in [1.54, 1.807) is 25.3 Å². The number of ether oxygens (including phenoxy) is 2. The lowest BCUT2D eigenvalue weighted by Crippen LogP contribution is -2.38. The summed E-state index contributed by atoms with van der Waals surface area (Å²) in [6.45, 7) is 2.35. The Labute approximate surface area is 159 Å². The largest absolute Gasteiger partial charge is 0.504 e. The molecule has 2 aromatic rings. The van der Waals surface area contributed by atoms with Crippen LogP contribution >= 0.6 is 0 Å². The lowest BCUT2D eigenvalue weighted by atomic mass is 10.0. The third-order valence-electron chi connectivity index (χ3n) is 4.80. The van der Waals surface area contributed by atoms with E-state index in [-0.39, 0.29) is 24.3 Å². The number of benzene rings is 2. The number of aromatic hydroxyl groups is 1. The predicted octanol–water partition coefficient (Wildman–Crippen LogP) is 2.73. The number of likely N-dealkylation sites (tertiary alicyclic amines) is 1. The van der Waals surface area contributed by atoms with Crippen LogP contribution in [0.2, 0.25) is 0 Å². The van der Waals surface area contributed by atoms with Crippen molar-refractivity contribution in [2.45, 2.75) is 18.9 Å². The standard InChI is InChI=1S/C21H26N2O4/c1-26-19-10-4-2-8-16(19)17(23-12-6-7-13-23)14-22-21(25)15-27-20-11-5-3-9-18(20)24/h2-5,8-11,17,24H,6-7,12-15H2,1H3,(H,22,25). The van der Waals surface area contributed by atoms with Crippen LogP contribution in [-0.2, 0) is 4.79 Å². The van der Waals surface area contributed by atoms with Gasteiger partial charge in [-0.25, -0.2) is 0 Å². The van der Waals surface area contributed by atoms with E-state index in [0.29, 0.717) is 12.3 Å². The Morgan fingerprint density at radius 3 is 2.48 bits per heavy atom. The maximum atomic E-state index is 12.3. The molecule has 0 radical (unpaired) electrons. The van der Waals surface area contributed by atoms with Crippen molar-refractivity contribution < 1.29 is 19.4 Å². The van der Waals surface area contributed by atoms with E-state index < -0.39 is 0 Å². The smallest absolute Gasteiger partial charge is 0.258 e. The summed E-state index contributed by atoms with van der Waals surface area (Å²) in [4.78, 5) is 14.6. The quantitative estimate of drug-likeness (QED) is 0.748. The van der Waals surface area contributed by atoms with Crippen molar-refractivity contribution >= 4 is 5.91 Å². The number of nitrogens with zero attached hydrogens (tertiary/aromatic N) is 1. The van der Waals surface area contributed by atoms with Gasteiger partial charge in [-0.2, -0.15) is 0 Å². The Hall–Kier alpha value is -2.73. The molecule has 2 N–H and O–H groups in total. The summed E-state index contributed by atoms with van der Waals surface area (Å²) in [6.07, 6.45) is 2.33. The molecule has 6 heteroatoms. The molecular weight excluding hydrogens is 344 g/mol. The molecule has 0 aromatic heterocycles. The molecule has 1 aliphatic heterocycles. The molecule has 1 atom stereocenters. The monoisotopic (exact) mass is 370 g/mol. The number of amides is 1. The molecule has 6 nitrogen and oxygen atoms in total. The van der Waals surface area contributed by atoms with Crippen LogP contribution in [-0.4, -0.2) is 49.3 Å². The first-order valence-electron chi connectivity index (χ1n) is 9.23. The van der Waals surface area contributed by atoms with Gasteiger partial charge in [-0.1, -0.05) is 30.3 Å². The summed E-state index contributed by atoms with van der Waals surface area (Å²) >= 11 is 0. The number of phenols is 1. The van der Waals surface area contributed by atoms with Gasteiger partial charge in [0, 0.05) is 12.1 Å². The van der Waals surface area contributed by atoms with E-state index >= 15 is 0 Å². The first kappa shape index (κ1) is 19.0. The fourth-order valence-corrected chi connectivity index (χ4v) is 3.41. The summed E-state index contributed by atoms with van der Waals surface area (Å²) in [6, 6.07) is 14.6. The molecule has 0 saturated carbocycles. The van der Waals surface area contributed by atoms with Gasteiger partial charge in [0.15, 0.2) is 18.1 Å². The molecule has 1 fully saturated rings. The lowest BCUT2D eigenvalue weighted by molar-refractivity contribution is -0.123. The van der Waals surface area contributed by atoms with E-state index in [2.05, 4.69) is 10.2 Å². The maximum absolute atomic E-state index is 12.3. The van der Waals surface area contributed by atoms with Crippen LogP contribution in [0.3, 0.4) is 0 Å². The van der Waals surface area contributed by atoms with Crippen LogP contribution in [0.15, 0.2) is 48.5 Å². The topological polar surface area (TPSA) is 71.0 Å². The minimum Gasteiger partial charge on any atom is -0.504 e. The SMILES string of the molecule is COc1ccccc1C(CNC(=O)COc1ccccc1O)N1CCCC1. The Balaban J connectivity index is 1.62. The van der Waals surface area contributed by atoms with Gasteiger partial charge < -0.3 is 19.9 Å². The van der Waals surface area contributed by atoms with E-state index in [4.69, 9.17) is 9.47 Å². The van der Waals surface area contributed by atoms with Crippen LogP contribution in [0.25, 0.3) is 0 Å². The maximum Gasteiger partial charge on any atom is 0.258 e. The number of nitrogens with one attached hydrogen (secondary N) is 1. The molecule has 0 aliphatic carbocycles. The molecule has 144 valence electrons. The van der Waals surface area contributed by atoms with Crippen LogP contribution < -0.4 is 14.8 Å². The summed E-state index contributed by atoms with van der Waals surface area (Å²) in [5.41, 5.74) is 1.07. The van der Waals surface area contributed by atoms with Crippen LogP contribution in [0, 0.1) is 0 Å². The zero-order chi connectivity index (χ0) is 19.1. The van der Waals surface area contributed by atoms with E-state index in [1.165, 1.54) is 6.07 Å². The molecule has 0 spiro atoms. The van der Waals surface area contributed by atoms with Gasteiger partial charge in [0.1, 0.15) is 5.75 Å². The van der Waals surface area contributed by atoms with Crippen molar-refractivity contribution in [3.8, 4) is 17.2 Å². The van der Waals surface area contributed by atoms with Crippen molar-refractivity contribution in [3.05, 3.63) is 54.1 Å². The van der Waals surface area contributed by atoms with Crippen LogP contribution in [0.4, 0.5) is 0 Å². The highest BCUT2D eigenvalue weighted by molar-refractivity contribution is 5.77. The molecular formula is C21H26N2O4. The molecule has 27 heavy (non-hydrogen) atoms. The van der Waals surface area contributed by atoms with Crippen molar-refractivity contribution in [1.29, 1.82) is 0 Å². The predicted molar refractivity (Wildman–Crippen MR) is 103 cm³/mol. The van der Waals surface area contributed by atoms with Crippen molar-refractivity contribution in [1.82, 2.24) is 10.2 Å². The first-order chi connectivity index (χ1) is 13.2. The highest BCUT2D eigenvalue weighted by Gasteiger charge is 2.26. The Bertz CT molecular complexity index is 759. The molecule has 3 rings (SSSR count). The second kappa shape index (κ2) is 9.28. The second-order valence-electron chi connectivity index (χ2n) is 6.56. The Kier molecular flexibility index (Phi) is 6.54. The average Bonchev–Trinajstić information content (AvgIpc) is 3.22. The highest BCUT2D eigenvalue weighted by Crippen LogP contribution is 2.31. The van der Waals surface area contributed by atoms with E-state index in [9.17, 15) is 9.90 Å². The summed E-state index contributed by atoms with van der Waals surface area (Å²) in [5.74, 6) is 0.925. The number of carbonyl (C=O) groups excluding carboxylic acids is 1.